The highest BCUT2D eigenvalue weighted by atomic mass is 16.7. The number of nitrogens with zero attached hydrogens (tertiary/aromatic N) is 1. The molecule has 13 atom stereocenters. The van der Waals surface area contributed by atoms with E-state index in [4.69, 9.17) is 18.9 Å². The van der Waals surface area contributed by atoms with Crippen molar-refractivity contribution in [3.63, 3.8) is 0 Å². The molecule has 0 spiro atoms. The molecule has 3 N–H and O–H groups in total. The van der Waals surface area contributed by atoms with Crippen molar-refractivity contribution in [1.29, 1.82) is 0 Å². The average Bonchev–Trinajstić information content (AvgIpc) is 2.92. The molecule has 2 saturated heterocycles. The van der Waals surface area contributed by atoms with Gasteiger partial charge in [-0.2, -0.15) is 0 Å². The first-order valence-corrected chi connectivity index (χ1v) is 15.8. The fourth-order valence-electron chi connectivity index (χ4n) is 7.22. The number of cyclic esters (lactones) is 1. The zero-order valence-electron chi connectivity index (χ0n) is 27.6. The molecule has 1 aliphatic carbocycles. The Morgan fingerprint density at radius 1 is 0.953 bits per heavy atom. The molecule has 0 amide bonds. The number of methoxy groups -OCH3 is 1. The van der Waals surface area contributed by atoms with Crippen LogP contribution in [0.25, 0.3) is 0 Å². The molecule has 2 unspecified atom stereocenters. The summed E-state index contributed by atoms with van der Waals surface area (Å²) in [5.74, 6) is -5.63. The monoisotopic (exact) mass is 613 g/mol. The van der Waals surface area contributed by atoms with E-state index in [1.165, 1.54) is 21.0 Å². The number of rotatable bonds is 5. The Morgan fingerprint density at radius 2 is 1.56 bits per heavy atom. The normalized spacial score (nSPS) is 46.3. The first kappa shape index (κ1) is 36.0. The quantitative estimate of drug-likeness (QED) is 0.309. The Hall–Kier alpha value is -1.47. The van der Waals surface area contributed by atoms with Crippen LogP contribution < -0.4 is 0 Å². The van der Waals surface area contributed by atoms with Crippen LogP contribution in [-0.4, -0.2) is 113 Å². The van der Waals surface area contributed by atoms with E-state index in [0.29, 0.717) is 19.3 Å². The van der Waals surface area contributed by atoms with Crippen LogP contribution in [0.5, 0.6) is 0 Å². The minimum absolute atomic E-state index is 0.101. The van der Waals surface area contributed by atoms with Crippen molar-refractivity contribution in [2.45, 2.75) is 135 Å². The number of ketones is 2. The minimum Gasteiger partial charge on any atom is -0.458 e. The Morgan fingerprint density at radius 3 is 2.07 bits per heavy atom. The first-order chi connectivity index (χ1) is 19.9. The Bertz CT molecular complexity index is 999. The van der Waals surface area contributed by atoms with Crippen molar-refractivity contribution >= 4 is 17.5 Å². The molecule has 2 aliphatic heterocycles. The second-order valence-electron chi connectivity index (χ2n) is 14.1. The van der Waals surface area contributed by atoms with E-state index >= 15 is 0 Å². The van der Waals surface area contributed by atoms with Gasteiger partial charge in [0, 0.05) is 30.9 Å². The van der Waals surface area contributed by atoms with Gasteiger partial charge in [0.1, 0.15) is 29.5 Å². The van der Waals surface area contributed by atoms with Crippen LogP contribution in [-0.2, 0) is 33.3 Å². The SMILES string of the molecule is CO[C@@]1(C)C[C@@H](C)C(=O)[C@H](C)[C@@H](O)[C@](C)(O)C(C2CCC2)OC(=O)[C@H](C)C(=O)[C@H](C)[C@H]1OC1O[C@H](C)C[C@H](N(C)C)[C@H]1O. The van der Waals surface area contributed by atoms with E-state index in [-0.39, 0.29) is 30.3 Å². The number of aliphatic hydroxyl groups excluding tert-OH is 2. The molecule has 248 valence electrons. The van der Waals surface area contributed by atoms with Crippen LogP contribution in [0.2, 0.25) is 0 Å². The molecular formula is C32H55NO10. The fourth-order valence-corrected chi connectivity index (χ4v) is 7.22. The number of carbonyl (C=O) groups is 3. The van der Waals surface area contributed by atoms with E-state index in [2.05, 4.69) is 0 Å². The molecule has 1 saturated carbocycles. The van der Waals surface area contributed by atoms with Crippen LogP contribution in [0.15, 0.2) is 0 Å². The van der Waals surface area contributed by atoms with Crippen molar-refractivity contribution in [3.8, 4) is 0 Å². The van der Waals surface area contributed by atoms with Crippen molar-refractivity contribution in [2.75, 3.05) is 21.2 Å². The lowest BCUT2D eigenvalue weighted by Crippen LogP contribution is -2.61. The van der Waals surface area contributed by atoms with E-state index in [1.807, 2.05) is 25.9 Å². The van der Waals surface area contributed by atoms with E-state index in [0.717, 1.165) is 6.42 Å². The largest absolute Gasteiger partial charge is 0.458 e. The highest BCUT2D eigenvalue weighted by molar-refractivity contribution is 6.00. The molecule has 2 heterocycles. The molecule has 0 aromatic rings. The molecule has 3 fully saturated rings. The number of likely N-dealkylation sites (N-methyl/N-ethyl adjacent to an activating group) is 1. The van der Waals surface area contributed by atoms with E-state index in [9.17, 15) is 29.7 Å². The summed E-state index contributed by atoms with van der Waals surface area (Å²) in [5.41, 5.74) is -3.17. The first-order valence-electron chi connectivity index (χ1n) is 15.8. The topological polar surface area (TPSA) is 152 Å². The zero-order chi connectivity index (χ0) is 32.6. The fraction of sp³-hybridized carbons (Fsp3) is 0.906. The van der Waals surface area contributed by atoms with Gasteiger partial charge in [0.25, 0.3) is 0 Å². The molecule has 11 heteroatoms. The number of ether oxygens (including phenoxy) is 4. The predicted octanol–water partition coefficient (Wildman–Crippen LogP) is 2.11. The standard InChI is InChI=1S/C32H55NO10/c1-16-15-31(6,40-10)27(43-30-25(36)22(33(8)9)14-17(2)41-30)19(4)24(35)20(5)29(38)42-28(21-12-11-13-21)32(7,39)26(37)18(3)23(16)34/h16-22,25-28,30,36-37,39H,11-15H2,1-10H3/t16-,17-,18+,19+,20-,22+,25-,26-,27-,28?,30?,31+,32+/m1/s1. The van der Waals surface area contributed by atoms with Gasteiger partial charge in [-0.05, 0) is 73.4 Å². The molecule has 0 aromatic carbocycles. The Labute approximate surface area is 256 Å². The van der Waals surface area contributed by atoms with Crippen molar-refractivity contribution in [2.24, 2.45) is 29.6 Å². The summed E-state index contributed by atoms with van der Waals surface area (Å²) in [6.07, 6.45) is -3.07. The third-order valence-corrected chi connectivity index (χ3v) is 10.4. The number of aliphatic hydroxyl groups is 3. The number of hydrogen-bond donors (Lipinski definition) is 3. The highest BCUT2D eigenvalue weighted by Crippen LogP contribution is 2.41. The van der Waals surface area contributed by atoms with Crippen molar-refractivity contribution in [1.82, 2.24) is 4.90 Å². The molecule has 3 rings (SSSR count). The maximum Gasteiger partial charge on any atom is 0.316 e. The molecule has 43 heavy (non-hydrogen) atoms. The van der Waals surface area contributed by atoms with Gasteiger partial charge in [0.05, 0.1) is 23.9 Å². The summed E-state index contributed by atoms with van der Waals surface area (Å²) in [6, 6.07) is -0.264. The average molecular weight is 614 g/mol. The summed E-state index contributed by atoms with van der Waals surface area (Å²) in [4.78, 5) is 43.1. The predicted molar refractivity (Wildman–Crippen MR) is 158 cm³/mol. The summed E-state index contributed by atoms with van der Waals surface area (Å²) in [6.45, 7) is 11.4. The number of carbonyl (C=O) groups excluding carboxylic acids is 3. The number of esters is 1. The molecule has 0 bridgehead atoms. The Kier molecular flexibility index (Phi) is 11.6. The smallest absolute Gasteiger partial charge is 0.316 e. The summed E-state index contributed by atoms with van der Waals surface area (Å²) in [5, 5.41) is 34.1. The third-order valence-electron chi connectivity index (χ3n) is 10.4. The van der Waals surface area contributed by atoms with E-state index in [1.54, 1.807) is 27.7 Å². The minimum atomic E-state index is -1.92. The summed E-state index contributed by atoms with van der Waals surface area (Å²) < 4.78 is 24.4. The van der Waals surface area contributed by atoms with Crippen molar-refractivity contribution < 1.29 is 48.7 Å². The van der Waals surface area contributed by atoms with Gasteiger partial charge < -0.3 is 39.2 Å². The van der Waals surface area contributed by atoms with E-state index < -0.39 is 77.3 Å². The second kappa shape index (κ2) is 13.9. The lowest BCUT2D eigenvalue weighted by atomic mass is 9.70. The molecule has 0 aromatic heterocycles. The van der Waals surface area contributed by atoms with Gasteiger partial charge in [-0.15, -0.1) is 0 Å². The molecule has 0 radical (unpaired) electrons. The van der Waals surface area contributed by atoms with Crippen LogP contribution in [0.4, 0.5) is 0 Å². The van der Waals surface area contributed by atoms with Gasteiger partial charge in [-0.3, -0.25) is 14.4 Å². The van der Waals surface area contributed by atoms with Gasteiger partial charge in [-0.1, -0.05) is 27.2 Å². The number of Topliss-reactive ketones (excluding diaryl/α,β-unsaturated/α-hetero) is 2. The highest BCUT2D eigenvalue weighted by Gasteiger charge is 2.53. The lowest BCUT2D eigenvalue weighted by Gasteiger charge is -2.47. The van der Waals surface area contributed by atoms with Gasteiger partial charge in [0.15, 0.2) is 12.1 Å². The zero-order valence-corrected chi connectivity index (χ0v) is 27.6. The third kappa shape index (κ3) is 7.34. The van der Waals surface area contributed by atoms with Crippen LogP contribution in [0, 0.1) is 29.6 Å². The Balaban J connectivity index is 2.07. The second-order valence-corrected chi connectivity index (χ2v) is 14.1. The maximum atomic E-state index is 14.0. The maximum absolute atomic E-state index is 14.0. The van der Waals surface area contributed by atoms with Gasteiger partial charge >= 0.3 is 5.97 Å². The number of hydrogen-bond acceptors (Lipinski definition) is 11. The van der Waals surface area contributed by atoms with Crippen molar-refractivity contribution in [3.05, 3.63) is 0 Å². The van der Waals surface area contributed by atoms with Crippen LogP contribution in [0.1, 0.15) is 80.6 Å². The van der Waals surface area contributed by atoms with Gasteiger partial charge in [-0.25, -0.2) is 0 Å². The lowest BCUT2D eigenvalue weighted by molar-refractivity contribution is -0.295. The summed E-state index contributed by atoms with van der Waals surface area (Å²) in [7, 11) is 5.18. The van der Waals surface area contributed by atoms with Crippen LogP contribution >= 0.6 is 0 Å². The van der Waals surface area contributed by atoms with Crippen LogP contribution in [0.3, 0.4) is 0 Å². The molecule has 11 nitrogen and oxygen atoms in total. The van der Waals surface area contributed by atoms with Gasteiger partial charge in [0.2, 0.25) is 0 Å². The molecular weight excluding hydrogens is 558 g/mol. The summed E-state index contributed by atoms with van der Waals surface area (Å²) >= 11 is 0. The molecule has 3 aliphatic rings.